The number of amides is 1. The highest BCUT2D eigenvalue weighted by Crippen LogP contribution is 2.17. The van der Waals surface area contributed by atoms with Gasteiger partial charge < -0.3 is 10.4 Å². The summed E-state index contributed by atoms with van der Waals surface area (Å²) < 4.78 is 1.35. The average molecular weight is 302 g/mol. The second kappa shape index (κ2) is 6.38. The number of hydrogen-bond donors (Lipinski definition) is 2. The maximum Gasteiger partial charge on any atom is 0.358 e. The van der Waals surface area contributed by atoms with Gasteiger partial charge in [0.05, 0.1) is 11.9 Å². The Bertz CT molecular complexity index is 694. The Labute approximate surface area is 128 Å². The molecule has 0 fully saturated rings. The highest BCUT2D eigenvalue weighted by Gasteiger charge is 2.17. The van der Waals surface area contributed by atoms with Crippen molar-refractivity contribution in [2.75, 3.05) is 5.32 Å². The number of aromatic carboxylic acids is 1. The number of anilines is 1. The molecule has 7 nitrogen and oxygen atoms in total. The number of nitrogens with one attached hydrogen (secondary N) is 1. The number of carbonyl (C=O) groups excluding carboxylic acids is 1. The highest BCUT2D eigenvalue weighted by molar-refractivity contribution is 5.92. The number of aromatic nitrogens is 3. The molecule has 22 heavy (non-hydrogen) atoms. The summed E-state index contributed by atoms with van der Waals surface area (Å²) >= 11 is 0. The van der Waals surface area contributed by atoms with Crippen molar-refractivity contribution in [1.29, 1.82) is 0 Å². The highest BCUT2D eigenvalue weighted by atomic mass is 16.4. The lowest BCUT2D eigenvalue weighted by Crippen LogP contribution is -2.24. The lowest BCUT2D eigenvalue weighted by atomic mass is 9.97. The molecular formula is C15H18N4O3. The average Bonchev–Trinajstić information content (AvgIpc) is 2.96. The van der Waals surface area contributed by atoms with Crippen molar-refractivity contribution in [2.45, 2.75) is 20.8 Å². The molecule has 1 aromatic heterocycles. The third-order valence-corrected chi connectivity index (χ3v) is 3.50. The van der Waals surface area contributed by atoms with Crippen LogP contribution in [0.15, 0.2) is 30.5 Å². The molecule has 0 aliphatic rings. The first kappa shape index (κ1) is 15.7. The van der Waals surface area contributed by atoms with Crippen molar-refractivity contribution in [3.8, 4) is 5.69 Å². The van der Waals surface area contributed by atoms with Gasteiger partial charge in [0.15, 0.2) is 5.69 Å². The molecule has 0 saturated carbocycles. The smallest absolute Gasteiger partial charge is 0.358 e. The van der Waals surface area contributed by atoms with E-state index in [4.69, 9.17) is 5.11 Å². The van der Waals surface area contributed by atoms with Gasteiger partial charge >= 0.3 is 5.97 Å². The van der Waals surface area contributed by atoms with Gasteiger partial charge in [0.1, 0.15) is 0 Å². The topological polar surface area (TPSA) is 97.1 Å². The zero-order valence-electron chi connectivity index (χ0n) is 12.6. The van der Waals surface area contributed by atoms with Crippen molar-refractivity contribution < 1.29 is 14.7 Å². The van der Waals surface area contributed by atoms with Crippen molar-refractivity contribution in [2.24, 2.45) is 11.8 Å². The van der Waals surface area contributed by atoms with Crippen molar-refractivity contribution >= 4 is 17.6 Å². The zero-order chi connectivity index (χ0) is 16.3. The molecule has 1 heterocycles. The molecule has 0 aliphatic carbocycles. The molecule has 0 saturated heterocycles. The molecule has 1 atom stereocenters. The molecule has 1 amide bonds. The van der Waals surface area contributed by atoms with E-state index in [2.05, 4.69) is 15.6 Å². The van der Waals surface area contributed by atoms with Gasteiger partial charge in [0.2, 0.25) is 5.91 Å². The van der Waals surface area contributed by atoms with Gasteiger partial charge in [-0.1, -0.05) is 32.1 Å². The normalized spacial score (nSPS) is 12.2. The first-order valence-corrected chi connectivity index (χ1v) is 6.95. The lowest BCUT2D eigenvalue weighted by molar-refractivity contribution is -0.120. The summed E-state index contributed by atoms with van der Waals surface area (Å²) in [7, 11) is 0. The van der Waals surface area contributed by atoms with Gasteiger partial charge in [0.25, 0.3) is 0 Å². The van der Waals surface area contributed by atoms with Crippen LogP contribution in [0, 0.1) is 11.8 Å². The van der Waals surface area contributed by atoms with Crippen LogP contribution in [0.25, 0.3) is 5.69 Å². The summed E-state index contributed by atoms with van der Waals surface area (Å²) in [6.45, 7) is 5.85. The summed E-state index contributed by atoms with van der Waals surface area (Å²) in [4.78, 5) is 22.9. The minimum atomic E-state index is -1.14. The van der Waals surface area contributed by atoms with Crippen LogP contribution in [0.4, 0.5) is 5.69 Å². The van der Waals surface area contributed by atoms with E-state index in [1.807, 2.05) is 20.8 Å². The number of benzene rings is 1. The Morgan fingerprint density at radius 3 is 2.59 bits per heavy atom. The Hall–Kier alpha value is -2.70. The monoisotopic (exact) mass is 302 g/mol. The van der Waals surface area contributed by atoms with Gasteiger partial charge in [-0.05, 0) is 24.1 Å². The molecule has 0 spiro atoms. The maximum atomic E-state index is 12.1. The van der Waals surface area contributed by atoms with Crippen molar-refractivity contribution in [1.82, 2.24) is 15.0 Å². The summed E-state index contributed by atoms with van der Waals surface area (Å²) in [6.07, 6.45) is 1.32. The lowest BCUT2D eigenvalue weighted by Gasteiger charge is -2.15. The van der Waals surface area contributed by atoms with Crippen LogP contribution in [0.5, 0.6) is 0 Å². The van der Waals surface area contributed by atoms with Crippen LogP contribution >= 0.6 is 0 Å². The van der Waals surface area contributed by atoms with E-state index in [1.54, 1.807) is 24.3 Å². The Balaban J connectivity index is 2.19. The molecule has 1 aromatic carbocycles. The Morgan fingerprint density at radius 1 is 1.27 bits per heavy atom. The minimum Gasteiger partial charge on any atom is -0.476 e. The fraction of sp³-hybridized carbons (Fsp3) is 0.333. The van der Waals surface area contributed by atoms with Crippen LogP contribution in [0.1, 0.15) is 31.3 Å². The van der Waals surface area contributed by atoms with E-state index in [0.29, 0.717) is 11.4 Å². The predicted octanol–water partition coefficient (Wildman–Crippen LogP) is 2.20. The number of nitrogens with zero attached hydrogens (tertiary/aromatic N) is 3. The molecule has 2 N–H and O–H groups in total. The Morgan fingerprint density at radius 2 is 2.00 bits per heavy atom. The first-order chi connectivity index (χ1) is 10.4. The minimum absolute atomic E-state index is 0.0584. The summed E-state index contributed by atoms with van der Waals surface area (Å²) in [5.74, 6) is -1.05. The molecule has 2 aromatic rings. The third-order valence-electron chi connectivity index (χ3n) is 3.50. The number of carboxylic acids is 1. The fourth-order valence-electron chi connectivity index (χ4n) is 1.77. The summed E-state index contributed by atoms with van der Waals surface area (Å²) in [6, 6.07) is 6.99. The van der Waals surface area contributed by atoms with Crippen molar-refractivity contribution in [3.63, 3.8) is 0 Å². The first-order valence-electron chi connectivity index (χ1n) is 6.95. The Kier molecular flexibility index (Phi) is 4.55. The van der Waals surface area contributed by atoms with Gasteiger partial charge in [-0.3, -0.25) is 4.79 Å². The molecule has 116 valence electrons. The van der Waals surface area contributed by atoms with Crippen LogP contribution in [-0.2, 0) is 4.79 Å². The number of carbonyl (C=O) groups is 2. The van der Waals surface area contributed by atoms with Gasteiger partial charge in [-0.2, -0.15) is 0 Å². The van der Waals surface area contributed by atoms with Crippen LogP contribution in [0.2, 0.25) is 0 Å². The quantitative estimate of drug-likeness (QED) is 0.882. The fourth-order valence-corrected chi connectivity index (χ4v) is 1.77. The van der Waals surface area contributed by atoms with E-state index < -0.39 is 5.97 Å². The second-order valence-electron chi connectivity index (χ2n) is 5.43. The number of hydrogen-bond acceptors (Lipinski definition) is 4. The van der Waals surface area contributed by atoms with Crippen LogP contribution in [0.3, 0.4) is 0 Å². The van der Waals surface area contributed by atoms with E-state index in [-0.39, 0.29) is 23.4 Å². The molecule has 2 rings (SSSR count). The zero-order valence-corrected chi connectivity index (χ0v) is 12.6. The molecule has 0 radical (unpaired) electrons. The molecular weight excluding hydrogens is 284 g/mol. The largest absolute Gasteiger partial charge is 0.476 e. The van der Waals surface area contributed by atoms with E-state index in [0.717, 1.165) is 0 Å². The third kappa shape index (κ3) is 3.49. The molecule has 1 unspecified atom stereocenters. The summed E-state index contributed by atoms with van der Waals surface area (Å²) in [5, 5.41) is 19.0. The molecule has 0 aliphatic heterocycles. The maximum absolute atomic E-state index is 12.1. The van der Waals surface area contributed by atoms with Crippen LogP contribution in [-0.4, -0.2) is 32.0 Å². The van der Waals surface area contributed by atoms with E-state index in [1.165, 1.54) is 10.9 Å². The van der Waals surface area contributed by atoms with E-state index >= 15 is 0 Å². The van der Waals surface area contributed by atoms with Gasteiger partial charge in [0, 0.05) is 11.6 Å². The predicted molar refractivity (Wildman–Crippen MR) is 81.0 cm³/mol. The SMILES string of the molecule is CC(C)C(C)C(=O)Nc1cccc(-n2cc(C(=O)O)nn2)c1. The molecule has 0 bridgehead atoms. The van der Waals surface area contributed by atoms with Gasteiger partial charge in [-0.25, -0.2) is 9.48 Å². The number of carboxylic acid groups (broad SMARTS) is 1. The number of rotatable bonds is 5. The second-order valence-corrected chi connectivity index (χ2v) is 5.43. The van der Waals surface area contributed by atoms with Crippen LogP contribution < -0.4 is 5.32 Å². The molecule has 7 heteroatoms. The van der Waals surface area contributed by atoms with E-state index in [9.17, 15) is 9.59 Å². The standard InChI is InChI=1S/C15H18N4O3/c1-9(2)10(3)14(20)16-11-5-4-6-12(7-11)19-8-13(15(21)22)17-18-19/h4-10H,1-3H3,(H,16,20)(H,21,22). The van der Waals surface area contributed by atoms with Gasteiger partial charge in [-0.15, -0.1) is 5.10 Å². The van der Waals surface area contributed by atoms with Crippen molar-refractivity contribution in [3.05, 3.63) is 36.2 Å². The summed E-state index contributed by atoms with van der Waals surface area (Å²) in [5.41, 5.74) is 1.11.